The Morgan fingerprint density at radius 2 is 1.74 bits per heavy atom. The number of carbonyl (C=O) groups is 1. The van der Waals surface area contributed by atoms with Gasteiger partial charge in [-0.25, -0.2) is 0 Å². The van der Waals surface area contributed by atoms with Crippen molar-refractivity contribution < 1.29 is 19.0 Å². The van der Waals surface area contributed by atoms with E-state index >= 15 is 0 Å². The van der Waals surface area contributed by atoms with Crippen molar-refractivity contribution in [1.82, 2.24) is 10.2 Å². The fourth-order valence-corrected chi connectivity index (χ4v) is 4.95. The molecule has 1 amide bonds. The Bertz CT molecular complexity index is 1190. The number of rotatable bonds is 7. The first-order valence-electron chi connectivity index (χ1n) is 13.6. The third-order valence-electron chi connectivity index (χ3n) is 6.90. The summed E-state index contributed by atoms with van der Waals surface area (Å²) in [5.41, 5.74) is 5.11. The number of methoxy groups -OCH3 is 2. The maximum Gasteiger partial charge on any atom is 0.251 e. The zero-order valence-corrected chi connectivity index (χ0v) is 22.9. The molecule has 3 aromatic rings. The smallest absolute Gasteiger partial charge is 0.251 e. The minimum Gasteiger partial charge on any atom is -0.497 e. The number of nitrogens with one attached hydrogen (secondary N) is 1. The van der Waals surface area contributed by atoms with Crippen LogP contribution in [0.25, 0.3) is 0 Å². The van der Waals surface area contributed by atoms with Gasteiger partial charge in [-0.05, 0) is 91.4 Å². The largest absolute Gasteiger partial charge is 0.497 e. The van der Waals surface area contributed by atoms with E-state index < -0.39 is 0 Å². The molecule has 1 aliphatic rings. The number of nitrogens with zero attached hydrogens (tertiary/aromatic N) is 1. The number of ether oxygens (including phenoxy) is 3. The fourth-order valence-electron chi connectivity index (χ4n) is 4.95. The lowest BCUT2D eigenvalue weighted by Crippen LogP contribution is -2.25. The molecule has 0 aromatic heterocycles. The summed E-state index contributed by atoms with van der Waals surface area (Å²) in [6.45, 7) is 6.51. The molecule has 0 atom stereocenters. The van der Waals surface area contributed by atoms with E-state index in [0.717, 1.165) is 55.8 Å². The first-order valence-corrected chi connectivity index (χ1v) is 13.6. The first kappa shape index (κ1) is 27.5. The maximum absolute atomic E-state index is 13.1. The molecule has 0 aliphatic carbocycles. The zero-order chi connectivity index (χ0) is 26.7. The average molecular weight is 517 g/mol. The van der Waals surface area contributed by atoms with Crippen molar-refractivity contribution in [3.8, 4) is 17.2 Å². The number of hydrogen-bond acceptors (Lipinski definition) is 5. The van der Waals surface area contributed by atoms with Crippen LogP contribution in [0, 0.1) is 0 Å². The zero-order valence-electron chi connectivity index (χ0n) is 22.9. The molecular formula is C32H40N2O4. The van der Waals surface area contributed by atoms with Crippen LogP contribution < -0.4 is 19.5 Å². The van der Waals surface area contributed by atoms with Crippen molar-refractivity contribution >= 4 is 5.91 Å². The van der Waals surface area contributed by atoms with Crippen LogP contribution in [0.5, 0.6) is 17.2 Å². The van der Waals surface area contributed by atoms with E-state index in [1.54, 1.807) is 14.2 Å². The van der Waals surface area contributed by atoms with Crippen LogP contribution in [0.2, 0.25) is 0 Å². The van der Waals surface area contributed by atoms with E-state index in [9.17, 15) is 4.79 Å². The lowest BCUT2D eigenvalue weighted by atomic mass is 9.99. The summed E-state index contributed by atoms with van der Waals surface area (Å²) in [6, 6.07) is 20.2. The molecule has 0 fully saturated rings. The first-order chi connectivity index (χ1) is 18.6. The molecule has 1 N–H and O–H groups in total. The van der Waals surface area contributed by atoms with Gasteiger partial charge in [-0.2, -0.15) is 0 Å². The molecule has 0 radical (unpaired) electrons. The summed E-state index contributed by atoms with van der Waals surface area (Å²) in [6.07, 6.45) is 5.22. The monoisotopic (exact) mass is 516 g/mol. The van der Waals surface area contributed by atoms with E-state index in [1.165, 1.54) is 17.5 Å². The molecule has 6 nitrogen and oxygen atoms in total. The SMILES string of the molecule is CCCN1CCCCCOc2ccc(C(=O)NCc3cc(OC)cc(OC)c3)cc2Cc2cccc(c2)C1. The lowest BCUT2D eigenvalue weighted by molar-refractivity contribution is 0.0950. The highest BCUT2D eigenvalue weighted by molar-refractivity contribution is 5.94. The molecule has 4 rings (SSSR count). The number of benzene rings is 3. The van der Waals surface area contributed by atoms with Crippen LogP contribution in [0.1, 0.15) is 65.2 Å². The van der Waals surface area contributed by atoms with Gasteiger partial charge in [0.25, 0.3) is 5.91 Å². The van der Waals surface area contributed by atoms with Crippen LogP contribution in [-0.4, -0.2) is 44.7 Å². The second kappa shape index (κ2) is 13.9. The molecule has 38 heavy (non-hydrogen) atoms. The third kappa shape index (κ3) is 7.75. The molecule has 0 unspecified atom stereocenters. The Kier molecular flexibility index (Phi) is 10.0. The Balaban J connectivity index is 1.53. The normalized spacial score (nSPS) is 14.5. The van der Waals surface area contributed by atoms with E-state index in [4.69, 9.17) is 14.2 Å². The predicted molar refractivity (Wildman–Crippen MR) is 151 cm³/mol. The van der Waals surface area contributed by atoms with Crippen molar-refractivity contribution in [2.45, 2.75) is 52.1 Å². The molecule has 1 aliphatic heterocycles. The fraction of sp³-hybridized carbons (Fsp3) is 0.406. The Morgan fingerprint density at radius 1 is 0.947 bits per heavy atom. The third-order valence-corrected chi connectivity index (χ3v) is 6.90. The highest BCUT2D eigenvalue weighted by atomic mass is 16.5. The summed E-state index contributed by atoms with van der Waals surface area (Å²) in [7, 11) is 3.23. The van der Waals surface area contributed by atoms with Gasteiger partial charge in [0, 0.05) is 31.1 Å². The summed E-state index contributed by atoms with van der Waals surface area (Å²) in [5.74, 6) is 2.11. The number of hydrogen-bond donors (Lipinski definition) is 1. The van der Waals surface area contributed by atoms with Gasteiger partial charge in [-0.3, -0.25) is 9.69 Å². The molecule has 0 spiro atoms. The van der Waals surface area contributed by atoms with Crippen LogP contribution in [0.15, 0.2) is 60.7 Å². The van der Waals surface area contributed by atoms with E-state index in [-0.39, 0.29) is 5.91 Å². The van der Waals surface area contributed by atoms with Gasteiger partial charge >= 0.3 is 0 Å². The molecule has 3 aromatic carbocycles. The van der Waals surface area contributed by atoms with Gasteiger partial charge in [-0.1, -0.05) is 31.2 Å². The lowest BCUT2D eigenvalue weighted by Gasteiger charge is -2.22. The standard InChI is InChI=1S/C32H40N2O4/c1-4-13-34-14-6-5-7-15-38-31-12-11-27(20-28(31)17-24-9-8-10-25(16-24)23-34)32(35)33-22-26-18-29(36-2)21-30(19-26)37-3/h8-12,16,18-21H,4-7,13-15,17,22-23H2,1-3H3,(H,33,35). The quantitative estimate of drug-likeness (QED) is 0.417. The molecular weight excluding hydrogens is 476 g/mol. The van der Waals surface area contributed by atoms with Crippen LogP contribution in [0.4, 0.5) is 0 Å². The molecule has 1 heterocycles. The Morgan fingerprint density at radius 3 is 2.50 bits per heavy atom. The van der Waals surface area contributed by atoms with E-state index in [0.29, 0.717) is 36.6 Å². The Hall–Kier alpha value is -3.51. The van der Waals surface area contributed by atoms with Crippen molar-refractivity contribution in [1.29, 1.82) is 0 Å². The second-order valence-corrected chi connectivity index (χ2v) is 9.91. The molecule has 0 saturated carbocycles. The van der Waals surface area contributed by atoms with Gasteiger partial charge in [-0.15, -0.1) is 0 Å². The van der Waals surface area contributed by atoms with Gasteiger partial charge in [0.15, 0.2) is 0 Å². The highest BCUT2D eigenvalue weighted by Gasteiger charge is 2.14. The minimum absolute atomic E-state index is 0.127. The topological polar surface area (TPSA) is 60.0 Å². The molecule has 2 bridgehead atoms. The van der Waals surface area contributed by atoms with Gasteiger partial charge < -0.3 is 19.5 Å². The number of fused-ring (bicyclic) bond motifs is 3. The summed E-state index contributed by atoms with van der Waals surface area (Å²) in [5, 5.41) is 3.03. The van der Waals surface area contributed by atoms with Crippen molar-refractivity contribution in [2.75, 3.05) is 33.9 Å². The van der Waals surface area contributed by atoms with E-state index in [1.807, 2.05) is 36.4 Å². The van der Waals surface area contributed by atoms with E-state index in [2.05, 4.69) is 41.4 Å². The van der Waals surface area contributed by atoms with Gasteiger partial charge in [0.2, 0.25) is 0 Å². The second-order valence-electron chi connectivity index (χ2n) is 9.91. The molecule has 0 saturated heterocycles. The summed E-state index contributed by atoms with van der Waals surface area (Å²) in [4.78, 5) is 15.7. The molecule has 202 valence electrons. The number of carbonyl (C=O) groups excluding carboxylic acids is 1. The van der Waals surface area contributed by atoms with Crippen molar-refractivity contribution in [3.05, 3.63) is 88.5 Å². The van der Waals surface area contributed by atoms with Crippen molar-refractivity contribution in [3.63, 3.8) is 0 Å². The predicted octanol–water partition coefficient (Wildman–Crippen LogP) is 6.00. The maximum atomic E-state index is 13.1. The van der Waals surface area contributed by atoms with Crippen LogP contribution in [-0.2, 0) is 19.5 Å². The summed E-state index contributed by atoms with van der Waals surface area (Å²) < 4.78 is 16.9. The minimum atomic E-state index is -0.127. The molecule has 6 heteroatoms. The highest BCUT2D eigenvalue weighted by Crippen LogP contribution is 2.26. The van der Waals surface area contributed by atoms with Gasteiger partial charge in [0.05, 0.1) is 20.8 Å². The van der Waals surface area contributed by atoms with Gasteiger partial charge in [0.1, 0.15) is 17.2 Å². The van der Waals surface area contributed by atoms with Crippen molar-refractivity contribution in [2.24, 2.45) is 0 Å². The summed E-state index contributed by atoms with van der Waals surface area (Å²) >= 11 is 0. The Labute approximate surface area is 226 Å². The number of amides is 1. The van der Waals surface area contributed by atoms with Crippen LogP contribution in [0.3, 0.4) is 0 Å². The van der Waals surface area contributed by atoms with Crippen LogP contribution >= 0.6 is 0 Å². The average Bonchev–Trinajstić information content (AvgIpc) is 2.93.